The molecule has 0 amide bonds. The van der Waals surface area contributed by atoms with E-state index in [2.05, 4.69) is 0 Å². The first kappa shape index (κ1) is 17.6. The number of carbonyl (C=O) groups is 5. The summed E-state index contributed by atoms with van der Waals surface area (Å²) in [6.07, 6.45) is -1.51. The molecule has 10 heteroatoms. The van der Waals surface area contributed by atoms with Gasteiger partial charge in [0.1, 0.15) is 6.04 Å². The zero-order valence-electron chi connectivity index (χ0n) is 11.3. The molecular formula is C12H15NO9. The van der Waals surface area contributed by atoms with Crippen molar-refractivity contribution in [1.29, 1.82) is 0 Å². The third-order valence-electron chi connectivity index (χ3n) is 3.49. The topological polar surface area (TPSA) is 170 Å². The van der Waals surface area contributed by atoms with Crippen LogP contribution in [0.4, 0.5) is 0 Å². The third-order valence-corrected chi connectivity index (χ3v) is 3.49. The number of hydrogen-bond donors (Lipinski definition) is 4. The van der Waals surface area contributed by atoms with E-state index in [4.69, 9.17) is 20.4 Å². The minimum Gasteiger partial charge on any atom is -0.481 e. The molecule has 0 aromatic carbocycles. The van der Waals surface area contributed by atoms with E-state index in [1.54, 1.807) is 0 Å². The van der Waals surface area contributed by atoms with Gasteiger partial charge in [0.2, 0.25) is 0 Å². The fraction of sp³-hybridized carbons (Fsp3) is 0.583. The van der Waals surface area contributed by atoms with Gasteiger partial charge in [0, 0.05) is 12.5 Å². The number of nitrogens with zero attached hydrogens (tertiary/aromatic N) is 1. The highest BCUT2D eigenvalue weighted by molar-refractivity contribution is 5.92. The molecule has 3 atom stereocenters. The summed E-state index contributed by atoms with van der Waals surface area (Å²) in [5.74, 6) is -8.93. The van der Waals surface area contributed by atoms with Crippen LogP contribution in [0, 0.1) is 11.8 Å². The summed E-state index contributed by atoms with van der Waals surface area (Å²) in [5.41, 5.74) is 0. The SMILES string of the molecule is O=C(O)CC(C(=O)O)C1CN(C(CC(=O)O)C(=O)O)CC1=O. The molecular weight excluding hydrogens is 302 g/mol. The van der Waals surface area contributed by atoms with Gasteiger partial charge in [-0.3, -0.25) is 28.9 Å². The maximum absolute atomic E-state index is 11.9. The normalized spacial score (nSPS) is 21.3. The number of hydrogen-bond acceptors (Lipinski definition) is 6. The summed E-state index contributed by atoms with van der Waals surface area (Å²) in [7, 11) is 0. The maximum Gasteiger partial charge on any atom is 0.321 e. The van der Waals surface area contributed by atoms with Crippen LogP contribution < -0.4 is 0 Å². The molecule has 4 N–H and O–H groups in total. The van der Waals surface area contributed by atoms with E-state index >= 15 is 0 Å². The van der Waals surface area contributed by atoms with E-state index in [1.165, 1.54) is 0 Å². The summed E-state index contributed by atoms with van der Waals surface area (Å²) in [6.45, 7) is -0.717. The highest BCUT2D eigenvalue weighted by Gasteiger charge is 2.44. The fourth-order valence-electron chi connectivity index (χ4n) is 2.45. The number of aliphatic carboxylic acids is 4. The molecule has 0 aromatic rings. The number of carbonyl (C=O) groups excluding carboxylic acids is 1. The standard InChI is InChI=1S/C12H15NO9/c14-8-4-13(7(12(21)22)2-10(17)18)3-6(8)5(11(19)20)1-9(15)16/h5-7H,1-4H2,(H,15,16)(H,17,18)(H,19,20)(H,21,22). The van der Waals surface area contributed by atoms with E-state index in [1.807, 2.05) is 0 Å². The minimum absolute atomic E-state index is 0.298. The van der Waals surface area contributed by atoms with Crippen LogP contribution in [0.5, 0.6) is 0 Å². The average molecular weight is 317 g/mol. The Morgan fingerprint density at radius 2 is 1.55 bits per heavy atom. The van der Waals surface area contributed by atoms with E-state index < -0.39 is 66.9 Å². The average Bonchev–Trinajstić information content (AvgIpc) is 2.73. The van der Waals surface area contributed by atoms with Crippen LogP contribution in [0.2, 0.25) is 0 Å². The lowest BCUT2D eigenvalue weighted by Crippen LogP contribution is -2.42. The quantitative estimate of drug-likeness (QED) is 0.417. The van der Waals surface area contributed by atoms with Crippen molar-refractivity contribution in [2.45, 2.75) is 18.9 Å². The lowest BCUT2D eigenvalue weighted by molar-refractivity contribution is -0.151. The molecule has 0 aliphatic carbocycles. The largest absolute Gasteiger partial charge is 0.481 e. The van der Waals surface area contributed by atoms with Crippen LogP contribution in [0.15, 0.2) is 0 Å². The van der Waals surface area contributed by atoms with E-state index in [9.17, 15) is 24.0 Å². The summed E-state index contributed by atoms with van der Waals surface area (Å²) in [4.78, 5) is 56.5. The van der Waals surface area contributed by atoms with Gasteiger partial charge in [-0.1, -0.05) is 0 Å². The Labute approximate surface area is 123 Å². The molecule has 1 aliphatic heterocycles. The van der Waals surface area contributed by atoms with Crippen LogP contribution in [0.3, 0.4) is 0 Å². The highest BCUT2D eigenvalue weighted by Crippen LogP contribution is 2.26. The van der Waals surface area contributed by atoms with Crippen LogP contribution in [-0.2, 0) is 24.0 Å². The van der Waals surface area contributed by atoms with Gasteiger partial charge in [-0.25, -0.2) is 0 Å². The van der Waals surface area contributed by atoms with Crippen molar-refractivity contribution < 1.29 is 44.4 Å². The molecule has 1 rings (SSSR count). The zero-order valence-corrected chi connectivity index (χ0v) is 11.3. The lowest BCUT2D eigenvalue weighted by atomic mass is 9.88. The van der Waals surface area contributed by atoms with Gasteiger partial charge < -0.3 is 20.4 Å². The Bertz CT molecular complexity index is 515. The Kier molecular flexibility index (Phi) is 5.57. The van der Waals surface area contributed by atoms with Crippen molar-refractivity contribution in [1.82, 2.24) is 4.90 Å². The molecule has 1 fully saturated rings. The third kappa shape index (κ3) is 4.25. The molecule has 1 heterocycles. The molecule has 0 bridgehead atoms. The highest BCUT2D eigenvalue weighted by atomic mass is 16.4. The summed E-state index contributed by atoms with van der Waals surface area (Å²) in [6, 6.07) is -1.47. The van der Waals surface area contributed by atoms with Crippen molar-refractivity contribution in [2.75, 3.05) is 13.1 Å². The first-order chi connectivity index (χ1) is 10.1. The first-order valence-electron chi connectivity index (χ1n) is 6.29. The predicted octanol–water partition coefficient (Wildman–Crippen LogP) is -1.41. The number of carboxylic acid groups (broad SMARTS) is 4. The number of likely N-dealkylation sites (tertiary alicyclic amines) is 1. The molecule has 1 aliphatic rings. The summed E-state index contributed by atoms with van der Waals surface area (Å²) < 4.78 is 0. The monoisotopic (exact) mass is 317 g/mol. The number of rotatable bonds is 8. The lowest BCUT2D eigenvalue weighted by Gasteiger charge is -2.23. The number of carboxylic acids is 4. The predicted molar refractivity (Wildman–Crippen MR) is 67.1 cm³/mol. The molecule has 0 spiro atoms. The molecule has 22 heavy (non-hydrogen) atoms. The Morgan fingerprint density at radius 3 is 1.95 bits per heavy atom. The summed E-state index contributed by atoms with van der Waals surface area (Å²) >= 11 is 0. The number of ketones is 1. The van der Waals surface area contributed by atoms with E-state index in [0.717, 1.165) is 4.90 Å². The van der Waals surface area contributed by atoms with Gasteiger partial charge in [-0.2, -0.15) is 0 Å². The summed E-state index contributed by atoms with van der Waals surface area (Å²) in [5, 5.41) is 35.5. The van der Waals surface area contributed by atoms with Gasteiger partial charge >= 0.3 is 23.9 Å². The molecule has 3 unspecified atom stereocenters. The van der Waals surface area contributed by atoms with Crippen molar-refractivity contribution >= 4 is 29.7 Å². The van der Waals surface area contributed by atoms with Gasteiger partial charge in [0.25, 0.3) is 0 Å². The van der Waals surface area contributed by atoms with Crippen LogP contribution >= 0.6 is 0 Å². The second kappa shape index (κ2) is 6.98. The fourth-order valence-corrected chi connectivity index (χ4v) is 2.45. The zero-order chi connectivity index (χ0) is 17.0. The molecule has 1 saturated heterocycles. The van der Waals surface area contributed by atoms with Crippen LogP contribution in [0.1, 0.15) is 12.8 Å². The second-order valence-corrected chi connectivity index (χ2v) is 5.00. The van der Waals surface area contributed by atoms with E-state index in [-0.39, 0.29) is 6.54 Å². The minimum atomic E-state index is -1.48. The molecule has 10 nitrogen and oxygen atoms in total. The van der Waals surface area contributed by atoms with Gasteiger partial charge in [-0.05, 0) is 0 Å². The molecule has 122 valence electrons. The maximum atomic E-state index is 11.9. The van der Waals surface area contributed by atoms with Gasteiger partial charge in [0.15, 0.2) is 5.78 Å². The Balaban J connectivity index is 2.92. The van der Waals surface area contributed by atoms with Crippen molar-refractivity contribution in [2.24, 2.45) is 11.8 Å². The van der Waals surface area contributed by atoms with Gasteiger partial charge in [0.05, 0.1) is 25.3 Å². The number of Topliss-reactive ketones (excluding diaryl/α,β-unsaturated/α-hetero) is 1. The molecule has 0 aromatic heterocycles. The second-order valence-electron chi connectivity index (χ2n) is 5.00. The van der Waals surface area contributed by atoms with Crippen molar-refractivity contribution in [3.63, 3.8) is 0 Å². The van der Waals surface area contributed by atoms with E-state index in [0.29, 0.717) is 0 Å². The Morgan fingerprint density at radius 1 is 1.00 bits per heavy atom. The molecule has 0 saturated carbocycles. The van der Waals surface area contributed by atoms with Crippen molar-refractivity contribution in [3.05, 3.63) is 0 Å². The van der Waals surface area contributed by atoms with Gasteiger partial charge in [-0.15, -0.1) is 0 Å². The smallest absolute Gasteiger partial charge is 0.321 e. The van der Waals surface area contributed by atoms with Crippen molar-refractivity contribution in [3.8, 4) is 0 Å². The Hall–Kier alpha value is -2.49. The van der Waals surface area contributed by atoms with Crippen LogP contribution in [-0.4, -0.2) is 74.1 Å². The molecule has 0 radical (unpaired) electrons. The van der Waals surface area contributed by atoms with Crippen LogP contribution in [0.25, 0.3) is 0 Å². The first-order valence-corrected chi connectivity index (χ1v) is 6.29.